The first-order valence-corrected chi connectivity index (χ1v) is 7.75. The van der Waals surface area contributed by atoms with Crippen LogP contribution in [0.15, 0.2) is 28.8 Å². The van der Waals surface area contributed by atoms with Crippen molar-refractivity contribution in [1.82, 2.24) is 10.1 Å². The van der Waals surface area contributed by atoms with Crippen LogP contribution in [0.5, 0.6) is 0 Å². The van der Waals surface area contributed by atoms with Crippen LogP contribution in [0.1, 0.15) is 48.7 Å². The molecule has 22 heavy (non-hydrogen) atoms. The van der Waals surface area contributed by atoms with E-state index in [2.05, 4.69) is 10.1 Å². The Balaban J connectivity index is 1.86. The zero-order chi connectivity index (χ0) is 15.5. The van der Waals surface area contributed by atoms with Gasteiger partial charge in [0.15, 0.2) is 11.6 Å². The average molecular weight is 306 g/mol. The van der Waals surface area contributed by atoms with Crippen molar-refractivity contribution in [2.45, 2.75) is 45.2 Å². The first kappa shape index (κ1) is 15.2. The van der Waals surface area contributed by atoms with Crippen LogP contribution in [0.25, 0.3) is 0 Å². The van der Waals surface area contributed by atoms with E-state index in [-0.39, 0.29) is 6.04 Å². The van der Waals surface area contributed by atoms with E-state index in [1.165, 1.54) is 0 Å². The maximum Gasteiger partial charge on any atom is 0.163 e. The standard InChI is InChI=1S/C17H20F2N2O/c1-12-10-15(20-22-12)16-8-3-2-4-9-21(16)11-13-6-5-7-14(18)17(13)19/h5-7,10,16H,2-4,8-9,11H2,1H3/t16-/m0/s1. The summed E-state index contributed by atoms with van der Waals surface area (Å²) >= 11 is 0. The number of likely N-dealkylation sites (tertiary alicyclic amines) is 1. The van der Waals surface area contributed by atoms with Gasteiger partial charge in [-0.1, -0.05) is 30.1 Å². The molecule has 2 heterocycles. The highest BCUT2D eigenvalue weighted by Crippen LogP contribution is 2.31. The number of hydrogen-bond acceptors (Lipinski definition) is 3. The molecule has 1 aliphatic rings. The van der Waals surface area contributed by atoms with E-state index in [0.29, 0.717) is 12.1 Å². The minimum Gasteiger partial charge on any atom is -0.361 e. The molecule has 118 valence electrons. The fourth-order valence-electron chi connectivity index (χ4n) is 3.12. The number of hydrogen-bond donors (Lipinski definition) is 0. The van der Waals surface area contributed by atoms with Crippen molar-refractivity contribution < 1.29 is 13.3 Å². The Kier molecular flexibility index (Phi) is 4.52. The van der Waals surface area contributed by atoms with Gasteiger partial charge in [-0.05, 0) is 32.4 Å². The van der Waals surface area contributed by atoms with Gasteiger partial charge in [0.25, 0.3) is 0 Å². The molecule has 0 radical (unpaired) electrons. The molecule has 5 heteroatoms. The van der Waals surface area contributed by atoms with Crippen molar-refractivity contribution in [2.24, 2.45) is 0 Å². The van der Waals surface area contributed by atoms with Crippen LogP contribution < -0.4 is 0 Å². The fourth-order valence-corrected chi connectivity index (χ4v) is 3.12. The van der Waals surface area contributed by atoms with E-state index >= 15 is 0 Å². The quantitative estimate of drug-likeness (QED) is 0.843. The topological polar surface area (TPSA) is 29.3 Å². The number of benzene rings is 1. The van der Waals surface area contributed by atoms with E-state index < -0.39 is 11.6 Å². The number of aryl methyl sites for hydroxylation is 1. The Morgan fingerprint density at radius 2 is 2.14 bits per heavy atom. The Morgan fingerprint density at radius 1 is 1.27 bits per heavy atom. The molecule has 0 aliphatic carbocycles. The summed E-state index contributed by atoms with van der Waals surface area (Å²) in [5.74, 6) is -0.765. The van der Waals surface area contributed by atoms with Crippen LogP contribution in [-0.4, -0.2) is 16.6 Å². The SMILES string of the molecule is Cc1cc([C@@H]2CCCCCN2Cc2cccc(F)c2F)no1. The molecule has 1 fully saturated rings. The predicted molar refractivity (Wildman–Crippen MR) is 79.2 cm³/mol. The van der Waals surface area contributed by atoms with Gasteiger partial charge >= 0.3 is 0 Å². The van der Waals surface area contributed by atoms with Crippen molar-refractivity contribution in [3.63, 3.8) is 0 Å². The molecule has 1 aliphatic heterocycles. The highest BCUT2D eigenvalue weighted by atomic mass is 19.2. The maximum absolute atomic E-state index is 14.0. The zero-order valence-corrected chi connectivity index (χ0v) is 12.7. The van der Waals surface area contributed by atoms with Crippen LogP contribution in [0.2, 0.25) is 0 Å². The smallest absolute Gasteiger partial charge is 0.163 e. The molecule has 3 nitrogen and oxygen atoms in total. The van der Waals surface area contributed by atoms with Gasteiger partial charge in [-0.2, -0.15) is 0 Å². The first-order chi connectivity index (χ1) is 10.6. The zero-order valence-electron chi connectivity index (χ0n) is 12.7. The molecule has 1 aromatic carbocycles. The van der Waals surface area contributed by atoms with Crippen LogP contribution in [0, 0.1) is 18.6 Å². The van der Waals surface area contributed by atoms with Crippen molar-refractivity contribution >= 4 is 0 Å². The van der Waals surface area contributed by atoms with E-state index in [4.69, 9.17) is 4.52 Å². The van der Waals surface area contributed by atoms with E-state index in [1.54, 1.807) is 12.1 Å². The number of halogens is 2. The average Bonchev–Trinajstić information content (AvgIpc) is 2.79. The Morgan fingerprint density at radius 3 is 2.91 bits per heavy atom. The minimum absolute atomic E-state index is 0.0996. The highest BCUT2D eigenvalue weighted by molar-refractivity contribution is 5.19. The summed E-state index contributed by atoms with van der Waals surface area (Å²) in [5.41, 5.74) is 1.28. The van der Waals surface area contributed by atoms with Crippen LogP contribution in [0.3, 0.4) is 0 Å². The van der Waals surface area contributed by atoms with Crippen molar-refractivity contribution in [3.05, 3.63) is 52.9 Å². The lowest BCUT2D eigenvalue weighted by molar-refractivity contribution is 0.181. The summed E-state index contributed by atoms with van der Waals surface area (Å²) in [6, 6.07) is 6.39. The van der Waals surface area contributed by atoms with Gasteiger partial charge in [-0.3, -0.25) is 4.90 Å². The van der Waals surface area contributed by atoms with Gasteiger partial charge in [-0.25, -0.2) is 8.78 Å². The van der Waals surface area contributed by atoms with Crippen LogP contribution >= 0.6 is 0 Å². The van der Waals surface area contributed by atoms with E-state index in [0.717, 1.165) is 49.7 Å². The van der Waals surface area contributed by atoms with Crippen LogP contribution in [0.4, 0.5) is 8.78 Å². The maximum atomic E-state index is 14.0. The lowest BCUT2D eigenvalue weighted by Crippen LogP contribution is -2.29. The summed E-state index contributed by atoms with van der Waals surface area (Å²) < 4.78 is 32.6. The summed E-state index contributed by atoms with van der Waals surface area (Å²) in [6.45, 7) is 3.11. The van der Waals surface area contributed by atoms with Crippen molar-refractivity contribution in [1.29, 1.82) is 0 Å². The molecule has 0 bridgehead atoms. The summed E-state index contributed by atoms with van der Waals surface area (Å²) in [4.78, 5) is 2.18. The third-order valence-corrected chi connectivity index (χ3v) is 4.26. The van der Waals surface area contributed by atoms with Gasteiger partial charge in [0.2, 0.25) is 0 Å². The first-order valence-electron chi connectivity index (χ1n) is 7.75. The van der Waals surface area contributed by atoms with Gasteiger partial charge in [0.1, 0.15) is 11.5 Å². The number of rotatable bonds is 3. The van der Waals surface area contributed by atoms with Gasteiger partial charge < -0.3 is 4.52 Å². The van der Waals surface area contributed by atoms with Crippen LogP contribution in [-0.2, 0) is 6.54 Å². The number of aromatic nitrogens is 1. The molecule has 0 saturated carbocycles. The minimum atomic E-state index is -0.791. The molecule has 0 N–H and O–H groups in total. The summed E-state index contributed by atoms with van der Waals surface area (Å²) in [5, 5.41) is 4.13. The largest absolute Gasteiger partial charge is 0.361 e. The molecule has 0 unspecified atom stereocenters. The molecule has 0 amide bonds. The lowest BCUT2D eigenvalue weighted by atomic mass is 10.1. The van der Waals surface area contributed by atoms with Gasteiger partial charge in [0, 0.05) is 18.2 Å². The highest BCUT2D eigenvalue weighted by Gasteiger charge is 2.26. The molecule has 1 saturated heterocycles. The molecular formula is C17H20F2N2O. The molecular weight excluding hydrogens is 286 g/mol. The second-order valence-electron chi connectivity index (χ2n) is 5.91. The number of nitrogens with zero attached hydrogens (tertiary/aromatic N) is 2. The predicted octanol–water partition coefficient (Wildman–Crippen LogP) is 4.38. The Bertz CT molecular complexity index is 641. The summed E-state index contributed by atoms with van der Waals surface area (Å²) in [6.07, 6.45) is 4.28. The second-order valence-corrected chi connectivity index (χ2v) is 5.91. The molecule has 0 spiro atoms. The summed E-state index contributed by atoms with van der Waals surface area (Å²) in [7, 11) is 0. The Hall–Kier alpha value is -1.75. The van der Waals surface area contributed by atoms with E-state index in [1.807, 2.05) is 13.0 Å². The van der Waals surface area contributed by atoms with Crippen molar-refractivity contribution in [3.8, 4) is 0 Å². The third kappa shape index (κ3) is 3.19. The monoisotopic (exact) mass is 306 g/mol. The fraction of sp³-hybridized carbons (Fsp3) is 0.471. The Labute approximate surface area is 128 Å². The molecule has 3 rings (SSSR count). The molecule has 1 atom stereocenters. The molecule has 2 aromatic rings. The van der Waals surface area contributed by atoms with Gasteiger partial charge in [0.05, 0.1) is 6.04 Å². The second kappa shape index (κ2) is 6.57. The van der Waals surface area contributed by atoms with Gasteiger partial charge in [-0.15, -0.1) is 0 Å². The third-order valence-electron chi connectivity index (χ3n) is 4.26. The molecule has 1 aromatic heterocycles. The normalized spacial score (nSPS) is 20.0. The van der Waals surface area contributed by atoms with Crippen molar-refractivity contribution in [2.75, 3.05) is 6.54 Å². The van der Waals surface area contributed by atoms with E-state index in [9.17, 15) is 8.78 Å². The lowest BCUT2D eigenvalue weighted by Gasteiger charge is -2.28.